The zero-order chi connectivity index (χ0) is 10.9. The first kappa shape index (κ1) is 10.5. The fourth-order valence-corrected chi connectivity index (χ4v) is 1.17. The molecule has 1 heterocycles. The molecule has 0 spiro atoms. The minimum atomic E-state index is -1.52. The normalized spacial score (nSPS) is 29.8. The van der Waals surface area contributed by atoms with Crippen LogP contribution in [0.2, 0.25) is 0 Å². The minimum Gasteiger partial charge on any atom is -0.478 e. The first-order chi connectivity index (χ1) is 6.41. The summed E-state index contributed by atoms with van der Waals surface area (Å²) in [4.78, 5) is 22.2. The van der Waals surface area contributed by atoms with Crippen molar-refractivity contribution in [1.29, 1.82) is 0 Å². The van der Waals surface area contributed by atoms with Crippen LogP contribution < -0.4 is 0 Å². The van der Waals surface area contributed by atoms with Crippen LogP contribution in [0, 0.1) is 0 Å². The van der Waals surface area contributed by atoms with Gasteiger partial charge in [-0.3, -0.25) is 0 Å². The molecule has 0 aromatic heterocycles. The Kier molecular flexibility index (Phi) is 2.47. The smallest absolute Gasteiger partial charge is 0.352 e. The molecule has 1 unspecified atom stereocenters. The van der Waals surface area contributed by atoms with Crippen LogP contribution in [0.5, 0.6) is 0 Å². The van der Waals surface area contributed by atoms with E-state index >= 15 is 0 Å². The Bertz CT molecular complexity index is 351. The molecule has 4 nitrogen and oxygen atoms in total. The van der Waals surface area contributed by atoms with Gasteiger partial charge < -0.3 is 9.84 Å². The van der Waals surface area contributed by atoms with Crippen molar-refractivity contribution in [3.63, 3.8) is 0 Å². The van der Waals surface area contributed by atoms with E-state index in [1.165, 1.54) is 6.92 Å². The second-order valence-corrected chi connectivity index (χ2v) is 3.30. The van der Waals surface area contributed by atoms with Crippen LogP contribution in [0.25, 0.3) is 0 Å². The summed E-state index contributed by atoms with van der Waals surface area (Å²) in [7, 11) is 0. The highest BCUT2D eigenvalue weighted by atomic mass is 16.6. The molecule has 0 bridgehead atoms. The van der Waals surface area contributed by atoms with Crippen LogP contribution >= 0.6 is 0 Å². The number of carbonyl (C=O) groups excluding carboxylic acids is 1. The maximum absolute atomic E-state index is 11.3. The molecule has 0 saturated carbocycles. The number of allylic oxidation sites excluding steroid dienone is 1. The summed E-state index contributed by atoms with van der Waals surface area (Å²) in [5, 5.41) is 8.91. The first-order valence-corrected chi connectivity index (χ1v) is 4.23. The van der Waals surface area contributed by atoms with Crippen molar-refractivity contribution in [3.05, 3.63) is 23.3 Å². The van der Waals surface area contributed by atoms with E-state index in [4.69, 9.17) is 9.84 Å². The number of carbonyl (C=O) groups is 2. The maximum atomic E-state index is 11.3. The number of cyclic esters (lactones) is 1. The van der Waals surface area contributed by atoms with Gasteiger partial charge in [0.25, 0.3) is 0 Å². The number of esters is 1. The van der Waals surface area contributed by atoms with Gasteiger partial charge in [-0.05, 0) is 32.4 Å². The lowest BCUT2D eigenvalue weighted by molar-refractivity contribution is -0.170. The van der Waals surface area contributed by atoms with Crippen molar-refractivity contribution in [2.24, 2.45) is 0 Å². The summed E-state index contributed by atoms with van der Waals surface area (Å²) in [6, 6.07) is 0. The lowest BCUT2D eigenvalue weighted by Crippen LogP contribution is -2.44. The van der Waals surface area contributed by atoms with Crippen LogP contribution in [0.15, 0.2) is 23.3 Å². The van der Waals surface area contributed by atoms with Gasteiger partial charge in [0, 0.05) is 0 Å². The van der Waals surface area contributed by atoms with Gasteiger partial charge in [0.2, 0.25) is 5.60 Å². The highest BCUT2D eigenvalue weighted by Crippen LogP contribution is 2.28. The number of ether oxygens (including phenoxy) is 1. The molecule has 0 fully saturated rings. The summed E-state index contributed by atoms with van der Waals surface area (Å²) in [5.41, 5.74) is -0.622. The third-order valence-electron chi connectivity index (χ3n) is 2.38. The van der Waals surface area contributed by atoms with Gasteiger partial charge in [0.15, 0.2) is 0 Å². The summed E-state index contributed by atoms with van der Waals surface area (Å²) in [6.07, 6.45) is 3.13. The van der Waals surface area contributed by atoms with Gasteiger partial charge in [-0.2, -0.15) is 0 Å². The van der Waals surface area contributed by atoms with Crippen molar-refractivity contribution < 1.29 is 19.4 Å². The lowest BCUT2D eigenvalue weighted by atomic mass is 9.92. The SMILES string of the molecule is CC=C1C=C(C)C(C)(C(=O)O)OC1=O. The van der Waals surface area contributed by atoms with Crippen molar-refractivity contribution >= 4 is 11.9 Å². The maximum Gasteiger partial charge on any atom is 0.352 e. The molecule has 0 saturated heterocycles. The molecular weight excluding hydrogens is 184 g/mol. The number of aliphatic carboxylic acids is 1. The van der Waals surface area contributed by atoms with Gasteiger partial charge in [-0.1, -0.05) is 6.08 Å². The van der Waals surface area contributed by atoms with Crippen LogP contribution in [0.1, 0.15) is 20.8 Å². The Hall–Kier alpha value is -1.58. The molecule has 0 amide bonds. The average molecular weight is 196 g/mol. The molecule has 0 aromatic carbocycles. The number of hydrogen-bond donors (Lipinski definition) is 1. The standard InChI is InChI=1S/C10H12O4/c1-4-7-5-6(2)10(3,9(12)13)14-8(7)11/h4-5H,1-3H3,(H,12,13). The zero-order valence-electron chi connectivity index (χ0n) is 8.33. The van der Waals surface area contributed by atoms with Gasteiger partial charge >= 0.3 is 11.9 Å². The van der Waals surface area contributed by atoms with Gasteiger partial charge in [0.05, 0.1) is 5.57 Å². The summed E-state index contributed by atoms with van der Waals surface area (Å²) < 4.78 is 4.88. The van der Waals surface area contributed by atoms with Gasteiger partial charge in [0.1, 0.15) is 0 Å². The minimum absolute atomic E-state index is 0.390. The van der Waals surface area contributed by atoms with Crippen LogP contribution in [0.4, 0.5) is 0 Å². The topological polar surface area (TPSA) is 63.6 Å². The van der Waals surface area contributed by atoms with E-state index in [-0.39, 0.29) is 0 Å². The second kappa shape index (κ2) is 3.29. The molecule has 1 aliphatic heterocycles. The van der Waals surface area contributed by atoms with E-state index in [1.807, 2.05) is 0 Å². The molecule has 0 aliphatic carbocycles. The van der Waals surface area contributed by atoms with Crippen molar-refractivity contribution in [1.82, 2.24) is 0 Å². The summed E-state index contributed by atoms with van der Waals surface area (Å²) in [5.74, 6) is -1.75. The molecule has 1 N–H and O–H groups in total. The Balaban J connectivity index is 3.20. The third-order valence-corrected chi connectivity index (χ3v) is 2.38. The van der Waals surface area contributed by atoms with E-state index in [0.717, 1.165) is 0 Å². The molecule has 0 radical (unpaired) electrons. The van der Waals surface area contributed by atoms with Gasteiger partial charge in [-0.15, -0.1) is 0 Å². The van der Waals surface area contributed by atoms with E-state index < -0.39 is 17.5 Å². The van der Waals surface area contributed by atoms with Crippen molar-refractivity contribution in [2.45, 2.75) is 26.4 Å². The second-order valence-electron chi connectivity index (χ2n) is 3.30. The molecule has 14 heavy (non-hydrogen) atoms. The van der Waals surface area contributed by atoms with Crippen molar-refractivity contribution in [2.75, 3.05) is 0 Å². The Morgan fingerprint density at radius 1 is 1.64 bits per heavy atom. The molecule has 1 atom stereocenters. The quantitative estimate of drug-likeness (QED) is 0.507. The predicted molar refractivity (Wildman–Crippen MR) is 49.6 cm³/mol. The van der Waals surface area contributed by atoms with Gasteiger partial charge in [-0.25, -0.2) is 9.59 Å². The highest BCUT2D eigenvalue weighted by molar-refractivity contribution is 5.97. The Morgan fingerprint density at radius 2 is 2.21 bits per heavy atom. The van der Waals surface area contributed by atoms with E-state index in [0.29, 0.717) is 11.1 Å². The lowest BCUT2D eigenvalue weighted by Gasteiger charge is -2.29. The summed E-state index contributed by atoms with van der Waals surface area (Å²) >= 11 is 0. The largest absolute Gasteiger partial charge is 0.478 e. The first-order valence-electron chi connectivity index (χ1n) is 4.23. The number of carboxylic acid groups (broad SMARTS) is 1. The van der Waals surface area contributed by atoms with E-state index in [2.05, 4.69) is 0 Å². The monoisotopic (exact) mass is 196 g/mol. The summed E-state index contributed by atoms with van der Waals surface area (Å²) in [6.45, 7) is 4.69. The average Bonchev–Trinajstić information content (AvgIpc) is 2.11. The van der Waals surface area contributed by atoms with Crippen molar-refractivity contribution in [3.8, 4) is 0 Å². The predicted octanol–water partition coefficient (Wildman–Crippen LogP) is 1.28. The number of hydrogen-bond acceptors (Lipinski definition) is 3. The van der Waals surface area contributed by atoms with Crippen LogP contribution in [-0.4, -0.2) is 22.6 Å². The Labute approximate surface area is 81.9 Å². The molecular formula is C10H12O4. The van der Waals surface area contributed by atoms with Crippen LogP contribution in [0.3, 0.4) is 0 Å². The van der Waals surface area contributed by atoms with Crippen LogP contribution in [-0.2, 0) is 14.3 Å². The molecule has 76 valence electrons. The van der Waals surface area contributed by atoms with E-state index in [9.17, 15) is 9.59 Å². The molecule has 4 heteroatoms. The highest BCUT2D eigenvalue weighted by Gasteiger charge is 2.42. The van der Waals surface area contributed by atoms with E-state index in [1.54, 1.807) is 26.0 Å². The number of rotatable bonds is 1. The fourth-order valence-electron chi connectivity index (χ4n) is 1.17. The molecule has 1 aliphatic rings. The third kappa shape index (κ3) is 1.43. The number of carboxylic acids is 1. The zero-order valence-corrected chi connectivity index (χ0v) is 8.33. The molecule has 0 aromatic rings. The molecule has 1 rings (SSSR count). The Morgan fingerprint density at radius 3 is 2.64 bits per heavy atom. The fraction of sp³-hybridized carbons (Fsp3) is 0.400.